The third-order valence-electron chi connectivity index (χ3n) is 3.42. The quantitative estimate of drug-likeness (QED) is 0.713. The summed E-state index contributed by atoms with van der Waals surface area (Å²) in [5.41, 5.74) is 0.952. The van der Waals surface area contributed by atoms with E-state index in [1.165, 1.54) is 24.5 Å². The minimum absolute atomic E-state index is 0.160. The number of carbonyl (C=O) groups excluding carboxylic acids is 2. The van der Waals surface area contributed by atoms with Crippen molar-refractivity contribution in [3.8, 4) is 0 Å². The molecule has 0 spiro atoms. The van der Waals surface area contributed by atoms with Crippen LogP contribution in [0.3, 0.4) is 0 Å². The van der Waals surface area contributed by atoms with Crippen molar-refractivity contribution in [1.82, 2.24) is 0 Å². The monoisotopic (exact) mass is 339 g/mol. The van der Waals surface area contributed by atoms with Gasteiger partial charge in [-0.3, -0.25) is 4.79 Å². The van der Waals surface area contributed by atoms with Crippen molar-refractivity contribution in [1.29, 1.82) is 0 Å². The van der Waals surface area contributed by atoms with Crippen LogP contribution in [0.1, 0.15) is 26.5 Å². The van der Waals surface area contributed by atoms with E-state index in [0.717, 1.165) is 0 Å². The third-order valence-corrected chi connectivity index (χ3v) is 3.42. The molecule has 0 aliphatic heterocycles. The first-order chi connectivity index (χ1) is 12.1. The minimum atomic E-state index is -0.614. The van der Waals surface area contributed by atoms with Crippen LogP contribution < -0.4 is 5.32 Å². The first-order valence-corrected chi connectivity index (χ1v) is 7.49. The second kappa shape index (κ2) is 7.44. The maximum absolute atomic E-state index is 13.5. The SMILES string of the molecule is O=C(OCc1ccccc1F)c1cccc(NC(=O)c2ccco2)c1. The molecule has 0 saturated carbocycles. The van der Waals surface area contributed by atoms with E-state index in [-0.39, 0.29) is 23.5 Å². The van der Waals surface area contributed by atoms with Crippen LogP contribution >= 0.6 is 0 Å². The molecule has 3 rings (SSSR count). The van der Waals surface area contributed by atoms with E-state index in [2.05, 4.69) is 5.32 Å². The summed E-state index contributed by atoms with van der Waals surface area (Å²) in [5, 5.41) is 2.62. The van der Waals surface area contributed by atoms with Gasteiger partial charge in [0.25, 0.3) is 5.91 Å². The molecule has 0 radical (unpaired) electrons. The molecule has 1 heterocycles. The summed E-state index contributed by atoms with van der Waals surface area (Å²) in [5.74, 6) is -1.32. The molecular formula is C19H14FNO4. The van der Waals surface area contributed by atoms with E-state index in [9.17, 15) is 14.0 Å². The predicted molar refractivity (Wildman–Crippen MR) is 88.6 cm³/mol. The minimum Gasteiger partial charge on any atom is -0.459 e. The normalized spacial score (nSPS) is 10.3. The van der Waals surface area contributed by atoms with Crippen LogP contribution in [0.5, 0.6) is 0 Å². The molecule has 1 aromatic heterocycles. The number of rotatable bonds is 5. The van der Waals surface area contributed by atoms with E-state index < -0.39 is 17.7 Å². The number of hydrogen-bond donors (Lipinski definition) is 1. The number of furan rings is 1. The lowest BCUT2D eigenvalue weighted by Crippen LogP contribution is -2.12. The van der Waals surface area contributed by atoms with E-state index >= 15 is 0 Å². The molecule has 0 aliphatic rings. The summed E-state index contributed by atoms with van der Waals surface area (Å²) in [4.78, 5) is 24.1. The van der Waals surface area contributed by atoms with Gasteiger partial charge in [0.05, 0.1) is 11.8 Å². The van der Waals surface area contributed by atoms with E-state index in [1.807, 2.05) is 0 Å². The van der Waals surface area contributed by atoms with Crippen LogP contribution in [-0.2, 0) is 11.3 Å². The summed E-state index contributed by atoms with van der Waals surface area (Å²) in [7, 11) is 0. The summed E-state index contributed by atoms with van der Waals surface area (Å²) < 4.78 is 23.7. The Morgan fingerprint density at radius 2 is 1.88 bits per heavy atom. The highest BCUT2D eigenvalue weighted by Gasteiger charge is 2.12. The Bertz CT molecular complexity index is 890. The molecule has 3 aromatic rings. The van der Waals surface area contributed by atoms with Crippen LogP contribution in [0.25, 0.3) is 0 Å². The number of carbonyl (C=O) groups is 2. The average molecular weight is 339 g/mol. The Labute approximate surface area is 143 Å². The van der Waals surface area contributed by atoms with Crippen molar-refractivity contribution in [2.75, 3.05) is 5.32 Å². The van der Waals surface area contributed by atoms with Gasteiger partial charge in [-0.05, 0) is 36.4 Å². The zero-order valence-corrected chi connectivity index (χ0v) is 13.1. The third kappa shape index (κ3) is 4.11. The topological polar surface area (TPSA) is 68.5 Å². The highest BCUT2D eigenvalue weighted by atomic mass is 19.1. The number of amides is 1. The van der Waals surface area contributed by atoms with Gasteiger partial charge in [-0.15, -0.1) is 0 Å². The molecule has 0 bridgehead atoms. The first-order valence-electron chi connectivity index (χ1n) is 7.49. The number of halogens is 1. The zero-order valence-electron chi connectivity index (χ0n) is 13.1. The van der Waals surface area contributed by atoms with Gasteiger partial charge >= 0.3 is 5.97 Å². The fourth-order valence-electron chi connectivity index (χ4n) is 2.17. The van der Waals surface area contributed by atoms with E-state index in [4.69, 9.17) is 9.15 Å². The fraction of sp³-hybridized carbons (Fsp3) is 0.0526. The Morgan fingerprint density at radius 3 is 2.64 bits per heavy atom. The van der Waals surface area contributed by atoms with Crippen molar-refractivity contribution in [3.05, 3.63) is 89.6 Å². The molecular weight excluding hydrogens is 325 g/mol. The van der Waals surface area contributed by atoms with Crippen LogP contribution in [0.15, 0.2) is 71.3 Å². The van der Waals surface area contributed by atoms with Gasteiger partial charge in [0.15, 0.2) is 5.76 Å². The van der Waals surface area contributed by atoms with Crippen molar-refractivity contribution in [3.63, 3.8) is 0 Å². The fourth-order valence-corrected chi connectivity index (χ4v) is 2.17. The molecule has 126 valence electrons. The smallest absolute Gasteiger partial charge is 0.338 e. The lowest BCUT2D eigenvalue weighted by atomic mass is 10.2. The zero-order chi connectivity index (χ0) is 17.6. The molecule has 0 unspecified atom stereocenters. The number of esters is 1. The van der Waals surface area contributed by atoms with Crippen LogP contribution in [0.4, 0.5) is 10.1 Å². The molecule has 0 saturated heterocycles. The van der Waals surface area contributed by atoms with Gasteiger partial charge in [-0.25, -0.2) is 9.18 Å². The first kappa shape index (κ1) is 16.4. The number of ether oxygens (including phenoxy) is 1. The summed E-state index contributed by atoms with van der Waals surface area (Å²) in [6.45, 7) is -0.172. The lowest BCUT2D eigenvalue weighted by Gasteiger charge is -2.08. The molecule has 6 heteroatoms. The van der Waals surface area contributed by atoms with Gasteiger partial charge in [0, 0.05) is 11.3 Å². The van der Waals surface area contributed by atoms with Gasteiger partial charge < -0.3 is 14.5 Å². The van der Waals surface area contributed by atoms with Crippen molar-refractivity contribution < 1.29 is 23.1 Å². The number of anilines is 1. The van der Waals surface area contributed by atoms with Crippen LogP contribution in [0, 0.1) is 5.82 Å². The average Bonchev–Trinajstić information content (AvgIpc) is 3.16. The van der Waals surface area contributed by atoms with Crippen molar-refractivity contribution >= 4 is 17.6 Å². The van der Waals surface area contributed by atoms with E-state index in [1.54, 1.807) is 42.5 Å². The molecule has 0 atom stereocenters. The Kier molecular flexibility index (Phi) is 4.89. The maximum atomic E-state index is 13.5. The molecule has 5 nitrogen and oxygen atoms in total. The van der Waals surface area contributed by atoms with E-state index in [0.29, 0.717) is 5.69 Å². The summed E-state index contributed by atoms with van der Waals surface area (Å²) in [6.07, 6.45) is 1.39. The summed E-state index contributed by atoms with van der Waals surface area (Å²) >= 11 is 0. The van der Waals surface area contributed by atoms with Crippen LogP contribution in [0.2, 0.25) is 0 Å². The molecule has 25 heavy (non-hydrogen) atoms. The Morgan fingerprint density at radius 1 is 1.04 bits per heavy atom. The highest BCUT2D eigenvalue weighted by Crippen LogP contribution is 2.15. The molecule has 0 fully saturated rings. The van der Waals surface area contributed by atoms with Gasteiger partial charge in [-0.1, -0.05) is 24.3 Å². The lowest BCUT2D eigenvalue weighted by molar-refractivity contribution is 0.0469. The molecule has 2 aromatic carbocycles. The predicted octanol–water partition coefficient (Wildman–Crippen LogP) is 4.03. The highest BCUT2D eigenvalue weighted by molar-refractivity contribution is 6.03. The summed E-state index contributed by atoms with van der Waals surface area (Å²) in [6, 6.07) is 15.5. The molecule has 1 N–H and O–H groups in total. The van der Waals surface area contributed by atoms with Gasteiger partial charge in [0.2, 0.25) is 0 Å². The standard InChI is InChI=1S/C19H14FNO4/c20-16-8-2-1-5-14(16)12-25-19(23)13-6-3-7-15(11-13)21-18(22)17-9-4-10-24-17/h1-11H,12H2,(H,21,22). The Balaban J connectivity index is 1.65. The largest absolute Gasteiger partial charge is 0.459 e. The second-order valence-electron chi connectivity index (χ2n) is 5.18. The second-order valence-corrected chi connectivity index (χ2v) is 5.18. The maximum Gasteiger partial charge on any atom is 0.338 e. The van der Waals surface area contributed by atoms with Crippen LogP contribution in [-0.4, -0.2) is 11.9 Å². The molecule has 0 aliphatic carbocycles. The van der Waals surface area contributed by atoms with Gasteiger partial charge in [0.1, 0.15) is 12.4 Å². The Hall–Kier alpha value is -3.41. The van der Waals surface area contributed by atoms with Gasteiger partial charge in [-0.2, -0.15) is 0 Å². The van der Waals surface area contributed by atoms with Crippen molar-refractivity contribution in [2.45, 2.75) is 6.61 Å². The number of benzene rings is 2. The number of nitrogens with one attached hydrogen (secondary N) is 1. The molecule has 1 amide bonds. The van der Waals surface area contributed by atoms with Crippen molar-refractivity contribution in [2.24, 2.45) is 0 Å². The number of hydrogen-bond acceptors (Lipinski definition) is 4.